The summed E-state index contributed by atoms with van der Waals surface area (Å²) in [6.07, 6.45) is 0. The lowest BCUT2D eigenvalue weighted by molar-refractivity contribution is 0.209. The Hall–Kier alpha value is -5.58. The van der Waals surface area contributed by atoms with Gasteiger partial charge in [0.25, 0.3) is 0 Å². The molecule has 9 rings (SSSR count). The molecule has 0 radical (unpaired) electrons. The molecule has 3 N–H and O–H groups in total. The number of hydrogen-bond acceptors (Lipinski definition) is 8. The Morgan fingerprint density at radius 1 is 0.568 bits per heavy atom. The van der Waals surface area contributed by atoms with E-state index in [2.05, 4.69) is 4.98 Å². The van der Waals surface area contributed by atoms with E-state index in [0.29, 0.717) is 50.5 Å². The van der Waals surface area contributed by atoms with Crippen molar-refractivity contribution in [3.05, 3.63) is 88.9 Å². The number of hydrogen-bond donors (Lipinski definition) is 3. The van der Waals surface area contributed by atoms with E-state index in [-0.39, 0.29) is 32.7 Å². The number of phenolic OH excluding ortho intramolecular Hbond substituents is 1. The zero-order chi connectivity index (χ0) is 29.7. The van der Waals surface area contributed by atoms with E-state index in [1.54, 1.807) is 6.07 Å². The van der Waals surface area contributed by atoms with Gasteiger partial charge in [0.1, 0.15) is 22.1 Å². The number of rotatable bonds is 0. The maximum Gasteiger partial charge on any atom is 0.180 e. The SMILES string of the molecule is Oc1c(Cl)c(Cl)cc2c3nc4nc(nc5c6ccccc6c(nc6nc(nc([nH]3)c12)-c1ccccc1-6)n5O)-c1ccccc1-4. The van der Waals surface area contributed by atoms with Gasteiger partial charge in [0.05, 0.1) is 10.4 Å². The van der Waals surface area contributed by atoms with Crippen molar-refractivity contribution in [2.24, 2.45) is 0 Å². The van der Waals surface area contributed by atoms with Crippen molar-refractivity contribution in [2.45, 2.75) is 0 Å². The van der Waals surface area contributed by atoms with Crippen LogP contribution in [0.15, 0.2) is 78.9 Å². The summed E-state index contributed by atoms with van der Waals surface area (Å²) < 4.78 is 0.962. The van der Waals surface area contributed by atoms with Gasteiger partial charge in [-0.05, 0) is 6.07 Å². The average molecular weight is 615 g/mol. The fraction of sp³-hybridized carbons (Fsp3) is 0. The van der Waals surface area contributed by atoms with Crippen LogP contribution in [0, 0.1) is 0 Å². The molecule has 0 fully saturated rings. The quantitative estimate of drug-likeness (QED) is 0.148. The average Bonchev–Trinajstić information content (AvgIpc) is 3.74. The van der Waals surface area contributed by atoms with Gasteiger partial charge in [-0.25, -0.2) is 29.9 Å². The summed E-state index contributed by atoms with van der Waals surface area (Å²) in [5, 5.41) is 25.0. The molecule has 44 heavy (non-hydrogen) atoms. The summed E-state index contributed by atoms with van der Waals surface area (Å²) in [6.45, 7) is 0. The molecule has 3 aromatic heterocycles. The van der Waals surface area contributed by atoms with Crippen LogP contribution >= 0.6 is 23.2 Å². The first-order valence-corrected chi connectivity index (χ1v) is 14.2. The number of H-pyrrole nitrogens is 1. The number of nitrogens with zero attached hydrogens (tertiary/aromatic N) is 7. The highest BCUT2D eigenvalue weighted by Crippen LogP contribution is 2.43. The van der Waals surface area contributed by atoms with Crippen LogP contribution in [0.5, 0.6) is 5.75 Å². The molecular formula is C32H16Cl2N8O2. The molecular weight excluding hydrogens is 599 g/mol. The molecule has 10 nitrogen and oxygen atoms in total. The zero-order valence-corrected chi connectivity index (χ0v) is 23.8. The Balaban J connectivity index is 1.55. The first-order valence-electron chi connectivity index (χ1n) is 13.5. The van der Waals surface area contributed by atoms with Crippen molar-refractivity contribution in [3.63, 3.8) is 0 Å². The van der Waals surface area contributed by atoms with E-state index in [9.17, 15) is 10.3 Å². The first-order chi connectivity index (χ1) is 21.5. The molecule has 0 spiro atoms. The van der Waals surface area contributed by atoms with Crippen LogP contribution in [0.4, 0.5) is 0 Å². The molecule has 2 aliphatic heterocycles. The predicted octanol–water partition coefficient (Wildman–Crippen LogP) is 7.59. The number of aromatic nitrogens is 8. The second-order valence-corrected chi connectivity index (χ2v) is 11.1. The maximum absolute atomic E-state index is 11.5. The van der Waals surface area contributed by atoms with Gasteiger partial charge in [-0.2, -0.15) is 0 Å². The number of nitrogens with one attached hydrogen (secondary N) is 1. The monoisotopic (exact) mass is 614 g/mol. The molecule has 5 heterocycles. The number of aromatic amines is 1. The smallest absolute Gasteiger partial charge is 0.180 e. The Bertz CT molecular complexity index is 2580. The summed E-state index contributed by atoms with van der Waals surface area (Å²) in [5.41, 5.74) is 4.06. The second kappa shape index (κ2) is 8.96. The van der Waals surface area contributed by atoms with Crippen LogP contribution in [0.25, 0.3) is 89.7 Å². The number of halogens is 2. The van der Waals surface area contributed by atoms with Crippen LogP contribution in [0.2, 0.25) is 10.0 Å². The number of fused-ring (bicyclic) bond motifs is 20. The van der Waals surface area contributed by atoms with Crippen molar-refractivity contribution in [3.8, 4) is 51.3 Å². The third-order valence-corrected chi connectivity index (χ3v) is 8.61. The standard InChI is InChI=1S/C32H16Cl2N8O2/c33-21-13-20-22(24(43)23(21)34)30-38-26-15-8-2-4-10-17(15)28(36-26)41-32-19-12-6-5-11-18(19)31(42(32)44)40-27-16-9-3-1-7-14(16)25(35-27)37-29(20)39-30/h1-13,43-44H,(H,35,36,37,38,39,40,41). The molecule has 0 saturated heterocycles. The third-order valence-electron chi connectivity index (χ3n) is 7.83. The van der Waals surface area contributed by atoms with Gasteiger partial charge < -0.3 is 15.3 Å². The van der Waals surface area contributed by atoms with Crippen molar-refractivity contribution in [1.29, 1.82) is 0 Å². The predicted molar refractivity (Wildman–Crippen MR) is 169 cm³/mol. The fourth-order valence-electron chi connectivity index (χ4n) is 5.81. The molecule has 12 heteroatoms. The summed E-state index contributed by atoms with van der Waals surface area (Å²) in [7, 11) is 0. The minimum absolute atomic E-state index is 0.00723. The van der Waals surface area contributed by atoms with Gasteiger partial charge in [0.15, 0.2) is 34.6 Å². The van der Waals surface area contributed by atoms with E-state index in [1.165, 1.54) is 0 Å². The van der Waals surface area contributed by atoms with Crippen LogP contribution in [-0.2, 0) is 0 Å². The molecule has 7 aromatic rings. The largest absolute Gasteiger partial charge is 0.506 e. The lowest BCUT2D eigenvalue weighted by Crippen LogP contribution is -1.94. The Morgan fingerprint density at radius 2 is 1.02 bits per heavy atom. The van der Waals surface area contributed by atoms with Crippen molar-refractivity contribution in [2.75, 3.05) is 0 Å². The molecule has 2 aliphatic rings. The molecule has 4 aromatic carbocycles. The molecule has 8 bridgehead atoms. The maximum atomic E-state index is 11.5. The van der Waals surface area contributed by atoms with E-state index < -0.39 is 0 Å². The lowest BCUT2D eigenvalue weighted by atomic mass is 10.1. The van der Waals surface area contributed by atoms with Gasteiger partial charge in [0, 0.05) is 38.4 Å². The van der Waals surface area contributed by atoms with E-state index in [1.807, 2.05) is 72.8 Å². The normalized spacial score (nSPS) is 12.0. The van der Waals surface area contributed by atoms with E-state index >= 15 is 0 Å². The van der Waals surface area contributed by atoms with Crippen molar-refractivity contribution >= 4 is 67.3 Å². The Kier molecular flexibility index (Phi) is 5.09. The zero-order valence-electron chi connectivity index (χ0n) is 22.3. The van der Waals surface area contributed by atoms with Crippen LogP contribution in [-0.4, -0.2) is 49.9 Å². The minimum Gasteiger partial charge on any atom is -0.506 e. The molecule has 0 amide bonds. The highest BCUT2D eigenvalue weighted by atomic mass is 35.5. The van der Waals surface area contributed by atoms with Crippen LogP contribution in [0.3, 0.4) is 0 Å². The van der Waals surface area contributed by atoms with E-state index in [4.69, 9.17) is 53.1 Å². The molecule has 0 saturated carbocycles. The van der Waals surface area contributed by atoms with E-state index in [0.717, 1.165) is 27.0 Å². The van der Waals surface area contributed by atoms with Gasteiger partial charge >= 0.3 is 0 Å². The highest BCUT2D eigenvalue weighted by Gasteiger charge is 2.24. The Morgan fingerprint density at radius 3 is 1.55 bits per heavy atom. The van der Waals surface area contributed by atoms with Gasteiger partial charge in [-0.15, -0.1) is 4.73 Å². The molecule has 0 atom stereocenters. The van der Waals surface area contributed by atoms with Gasteiger partial charge in [-0.1, -0.05) is 96.0 Å². The second-order valence-electron chi connectivity index (χ2n) is 10.3. The summed E-state index contributed by atoms with van der Waals surface area (Å²) >= 11 is 12.8. The highest BCUT2D eigenvalue weighted by molar-refractivity contribution is 6.44. The van der Waals surface area contributed by atoms with Crippen molar-refractivity contribution in [1.82, 2.24) is 39.6 Å². The number of phenols is 1. The summed E-state index contributed by atoms with van der Waals surface area (Å²) in [4.78, 5) is 32.2. The summed E-state index contributed by atoms with van der Waals surface area (Å²) in [5.74, 6) is 1.19. The molecule has 0 aliphatic carbocycles. The fourth-order valence-corrected chi connectivity index (χ4v) is 6.16. The summed E-state index contributed by atoms with van der Waals surface area (Å²) in [6, 6.07) is 24.2. The minimum atomic E-state index is -0.239. The molecule has 210 valence electrons. The van der Waals surface area contributed by atoms with Crippen LogP contribution < -0.4 is 0 Å². The van der Waals surface area contributed by atoms with Gasteiger partial charge in [0.2, 0.25) is 0 Å². The number of benzene rings is 4. The van der Waals surface area contributed by atoms with Crippen LogP contribution in [0.1, 0.15) is 0 Å². The topological polar surface area (TPSA) is 139 Å². The van der Waals surface area contributed by atoms with Gasteiger partial charge in [-0.3, -0.25) is 0 Å². The van der Waals surface area contributed by atoms with Crippen molar-refractivity contribution < 1.29 is 10.3 Å². The first kappa shape index (κ1) is 25.0. The number of aromatic hydroxyl groups is 1. The Labute approximate surface area is 256 Å². The lowest BCUT2D eigenvalue weighted by Gasteiger charge is -2.01. The third kappa shape index (κ3) is 3.43. The molecule has 0 unspecified atom stereocenters.